The van der Waals surface area contributed by atoms with Gasteiger partial charge in [0.2, 0.25) is 0 Å². The second-order valence-corrected chi connectivity index (χ2v) is 7.09. The average molecular weight is 323 g/mol. The number of Topliss-reactive ketones (excluding diaryl/α,β-unsaturated/α-hetero) is 1. The summed E-state index contributed by atoms with van der Waals surface area (Å²) < 4.78 is 0. The molecule has 1 atom stereocenters. The number of nitrogen functional groups attached to an aromatic ring is 1. The molecule has 2 fully saturated rings. The van der Waals surface area contributed by atoms with Crippen molar-refractivity contribution in [3.8, 4) is 0 Å². The van der Waals surface area contributed by atoms with Gasteiger partial charge in [-0.25, -0.2) is 4.98 Å². The Hall–Kier alpha value is -2.10. The number of fused-ring (bicyclic) bond motifs is 1. The Balaban J connectivity index is 1.90. The predicted octanol–water partition coefficient (Wildman–Crippen LogP) is 4.03. The number of hydrogen-bond acceptors (Lipinski definition) is 4. The molecule has 1 unspecified atom stereocenters. The molecule has 0 spiro atoms. The lowest BCUT2D eigenvalue weighted by atomic mass is 9.84. The molecule has 1 aliphatic carbocycles. The van der Waals surface area contributed by atoms with Crippen molar-refractivity contribution in [2.24, 2.45) is 0 Å². The first-order valence-corrected chi connectivity index (χ1v) is 9.21. The van der Waals surface area contributed by atoms with Crippen LogP contribution in [0.4, 0.5) is 11.4 Å². The molecule has 4 nitrogen and oxygen atoms in total. The molecule has 2 N–H and O–H groups in total. The Morgan fingerprint density at radius 1 is 1.04 bits per heavy atom. The monoisotopic (exact) mass is 323 g/mol. The van der Waals surface area contributed by atoms with Gasteiger partial charge in [-0.2, -0.15) is 0 Å². The lowest BCUT2D eigenvalue weighted by Gasteiger charge is -2.34. The number of nitrogens with zero attached hydrogens (tertiary/aromatic N) is 2. The lowest BCUT2D eigenvalue weighted by Crippen LogP contribution is -2.32. The van der Waals surface area contributed by atoms with Crippen LogP contribution in [0.3, 0.4) is 0 Å². The van der Waals surface area contributed by atoms with Crippen molar-refractivity contribution in [3.63, 3.8) is 0 Å². The molecule has 0 bridgehead atoms. The molecule has 0 radical (unpaired) electrons. The molecule has 0 amide bonds. The van der Waals surface area contributed by atoms with Crippen LogP contribution in [-0.2, 0) is 4.79 Å². The topological polar surface area (TPSA) is 59.2 Å². The van der Waals surface area contributed by atoms with E-state index in [0.717, 1.165) is 60.3 Å². The maximum Gasteiger partial charge on any atom is 0.142 e. The highest BCUT2D eigenvalue weighted by Crippen LogP contribution is 2.41. The first-order valence-electron chi connectivity index (χ1n) is 9.21. The summed E-state index contributed by atoms with van der Waals surface area (Å²) in [6.07, 6.45) is 7.34. The van der Waals surface area contributed by atoms with Gasteiger partial charge in [0.25, 0.3) is 0 Å². The van der Waals surface area contributed by atoms with Gasteiger partial charge in [0.15, 0.2) is 0 Å². The highest BCUT2D eigenvalue weighted by molar-refractivity contribution is 6.00. The normalized spacial score (nSPS) is 22.1. The van der Waals surface area contributed by atoms with Gasteiger partial charge >= 0.3 is 0 Å². The van der Waals surface area contributed by atoms with E-state index in [1.807, 2.05) is 24.3 Å². The average Bonchev–Trinajstić information content (AvgIpc) is 2.63. The molecular formula is C20H25N3O. The summed E-state index contributed by atoms with van der Waals surface area (Å²) in [5.74, 6) is 0.254. The Morgan fingerprint density at radius 3 is 2.62 bits per heavy atom. The summed E-state index contributed by atoms with van der Waals surface area (Å²) in [6, 6.07) is 8.04. The minimum absolute atomic E-state index is 0.0809. The number of para-hydroxylation sites is 1. The summed E-state index contributed by atoms with van der Waals surface area (Å²) in [4.78, 5) is 19.9. The quantitative estimate of drug-likeness (QED) is 0.906. The van der Waals surface area contributed by atoms with Crippen molar-refractivity contribution in [3.05, 3.63) is 30.0 Å². The molecule has 2 aliphatic rings. The number of ketones is 1. The Labute approximate surface area is 143 Å². The van der Waals surface area contributed by atoms with Crippen molar-refractivity contribution in [2.75, 3.05) is 23.7 Å². The number of anilines is 2. The zero-order valence-electron chi connectivity index (χ0n) is 14.1. The van der Waals surface area contributed by atoms with Crippen LogP contribution in [0.2, 0.25) is 0 Å². The molecule has 126 valence electrons. The van der Waals surface area contributed by atoms with Crippen molar-refractivity contribution < 1.29 is 4.79 Å². The summed E-state index contributed by atoms with van der Waals surface area (Å²) in [5.41, 5.74) is 10.3. The van der Waals surface area contributed by atoms with Crippen LogP contribution in [-0.4, -0.2) is 23.9 Å². The van der Waals surface area contributed by atoms with E-state index in [9.17, 15) is 4.79 Å². The van der Waals surface area contributed by atoms with E-state index in [1.54, 1.807) is 0 Å². The number of piperidine rings is 1. The molecular weight excluding hydrogens is 298 g/mol. The fraction of sp³-hybridized carbons (Fsp3) is 0.500. The van der Waals surface area contributed by atoms with Gasteiger partial charge in [-0.15, -0.1) is 0 Å². The zero-order valence-corrected chi connectivity index (χ0v) is 14.1. The van der Waals surface area contributed by atoms with E-state index in [-0.39, 0.29) is 5.92 Å². The van der Waals surface area contributed by atoms with E-state index in [2.05, 4.69) is 4.90 Å². The second-order valence-electron chi connectivity index (χ2n) is 7.09. The van der Waals surface area contributed by atoms with E-state index in [4.69, 9.17) is 10.7 Å². The smallest absolute Gasteiger partial charge is 0.142 e. The molecule has 4 rings (SSSR count). The fourth-order valence-electron chi connectivity index (χ4n) is 4.21. The van der Waals surface area contributed by atoms with Crippen molar-refractivity contribution in [1.29, 1.82) is 0 Å². The highest BCUT2D eigenvalue weighted by Gasteiger charge is 2.31. The Bertz CT molecular complexity index is 765. The van der Waals surface area contributed by atoms with Crippen LogP contribution in [0.15, 0.2) is 24.3 Å². The van der Waals surface area contributed by atoms with Gasteiger partial charge in [-0.05, 0) is 38.2 Å². The van der Waals surface area contributed by atoms with Crippen LogP contribution in [0.25, 0.3) is 10.9 Å². The fourth-order valence-corrected chi connectivity index (χ4v) is 4.21. The third kappa shape index (κ3) is 2.64. The summed E-state index contributed by atoms with van der Waals surface area (Å²) in [5, 5.41) is 1.00. The predicted molar refractivity (Wildman–Crippen MR) is 98.4 cm³/mol. The van der Waals surface area contributed by atoms with Gasteiger partial charge in [0.1, 0.15) is 5.78 Å². The number of carbonyl (C=O) groups excluding carboxylic acids is 1. The molecule has 4 heteroatoms. The van der Waals surface area contributed by atoms with Crippen LogP contribution in [0.1, 0.15) is 56.6 Å². The van der Waals surface area contributed by atoms with Gasteiger partial charge in [0.05, 0.1) is 28.5 Å². The second kappa shape index (κ2) is 6.42. The summed E-state index contributed by atoms with van der Waals surface area (Å²) in [6.45, 7) is 2.02. The molecule has 1 saturated heterocycles. The molecule has 1 aromatic heterocycles. The number of nitrogens with two attached hydrogens (primary N) is 1. The number of rotatable bonds is 2. The van der Waals surface area contributed by atoms with Crippen LogP contribution < -0.4 is 10.6 Å². The Morgan fingerprint density at radius 2 is 1.83 bits per heavy atom. The molecule has 1 aliphatic heterocycles. The first-order chi connectivity index (χ1) is 11.8. The summed E-state index contributed by atoms with van der Waals surface area (Å²) >= 11 is 0. The molecule has 2 heterocycles. The van der Waals surface area contributed by atoms with Crippen LogP contribution in [0, 0.1) is 0 Å². The maximum absolute atomic E-state index is 12.6. The van der Waals surface area contributed by atoms with Crippen LogP contribution in [0.5, 0.6) is 0 Å². The maximum atomic E-state index is 12.6. The zero-order chi connectivity index (χ0) is 16.5. The van der Waals surface area contributed by atoms with E-state index >= 15 is 0 Å². The van der Waals surface area contributed by atoms with Crippen molar-refractivity contribution >= 4 is 28.1 Å². The highest BCUT2D eigenvalue weighted by atomic mass is 16.1. The number of hydrogen-bond donors (Lipinski definition) is 1. The SMILES string of the molecule is Nc1c(N2CCCCC2)c(C2CCCCC2=O)nc2ccccc12. The standard InChI is InChI=1S/C20H25N3O/c21-18-14-8-2-4-10-16(14)22-19(15-9-3-5-11-17(15)24)20(18)23-12-6-1-7-13-23/h2,4,8,10,15H,1,3,5-7,9,11-13H2,(H2,21,22). The van der Waals surface area contributed by atoms with Crippen LogP contribution >= 0.6 is 0 Å². The van der Waals surface area contributed by atoms with E-state index < -0.39 is 0 Å². The van der Waals surface area contributed by atoms with Gasteiger partial charge < -0.3 is 10.6 Å². The van der Waals surface area contributed by atoms with Gasteiger partial charge in [0, 0.05) is 24.9 Å². The largest absolute Gasteiger partial charge is 0.396 e. The van der Waals surface area contributed by atoms with Gasteiger partial charge in [-0.3, -0.25) is 4.79 Å². The first kappa shape index (κ1) is 15.4. The third-order valence-electron chi connectivity index (χ3n) is 5.49. The minimum atomic E-state index is -0.0809. The number of pyridine rings is 1. The van der Waals surface area contributed by atoms with Crippen molar-refractivity contribution in [2.45, 2.75) is 50.9 Å². The number of benzene rings is 1. The molecule has 1 saturated carbocycles. The lowest BCUT2D eigenvalue weighted by molar-refractivity contribution is -0.121. The summed E-state index contributed by atoms with van der Waals surface area (Å²) in [7, 11) is 0. The molecule has 1 aromatic carbocycles. The molecule has 24 heavy (non-hydrogen) atoms. The van der Waals surface area contributed by atoms with E-state index in [1.165, 1.54) is 19.3 Å². The minimum Gasteiger partial charge on any atom is -0.396 e. The number of carbonyl (C=O) groups is 1. The Kier molecular flexibility index (Phi) is 4.13. The number of aromatic nitrogens is 1. The third-order valence-corrected chi connectivity index (χ3v) is 5.49. The molecule has 2 aromatic rings. The van der Waals surface area contributed by atoms with E-state index in [0.29, 0.717) is 12.2 Å². The van der Waals surface area contributed by atoms with Gasteiger partial charge in [-0.1, -0.05) is 24.6 Å². The van der Waals surface area contributed by atoms with Crippen molar-refractivity contribution in [1.82, 2.24) is 4.98 Å².